The minimum atomic E-state index is -4.93. The second-order valence-electron chi connectivity index (χ2n) is 8.30. The number of hydrogen-bond donors (Lipinski definition) is 0. The Hall–Kier alpha value is -2.53. The molecule has 34 heavy (non-hydrogen) atoms. The van der Waals surface area contributed by atoms with Crippen molar-refractivity contribution in [3.05, 3.63) is 70.0 Å². The zero-order chi connectivity index (χ0) is 24.9. The fraction of sp³-hybridized carbons (Fsp3) is 0.364. The van der Waals surface area contributed by atoms with Crippen LogP contribution in [0.1, 0.15) is 23.1 Å². The van der Waals surface area contributed by atoms with Crippen LogP contribution in [0.25, 0.3) is 0 Å². The van der Waals surface area contributed by atoms with Crippen LogP contribution in [0.2, 0.25) is 5.02 Å². The predicted molar refractivity (Wildman–Crippen MR) is 116 cm³/mol. The molecule has 2 aliphatic heterocycles. The van der Waals surface area contributed by atoms with E-state index in [0.717, 1.165) is 12.1 Å². The normalized spacial score (nSPS) is 22.6. The molecule has 5 nitrogen and oxygen atoms in total. The summed E-state index contributed by atoms with van der Waals surface area (Å²) in [5, 5.41) is 3.39. The third-order valence-corrected chi connectivity index (χ3v) is 6.68. The number of benzene rings is 2. The number of carbonyl (C=O) groups excluding carboxylic acids is 1. The largest absolute Gasteiger partial charge is 0.435 e. The minimum absolute atomic E-state index is 0.0481. The Balaban J connectivity index is 1.52. The van der Waals surface area contributed by atoms with Gasteiger partial charge in [0.25, 0.3) is 5.60 Å². The van der Waals surface area contributed by atoms with Crippen molar-refractivity contribution in [2.45, 2.75) is 23.9 Å². The average Bonchev–Trinajstić information content (AvgIpc) is 3.17. The molecule has 1 saturated heterocycles. The lowest BCUT2D eigenvalue weighted by molar-refractivity contribution is -0.275. The van der Waals surface area contributed by atoms with Gasteiger partial charge in [-0.2, -0.15) is 13.2 Å². The van der Waals surface area contributed by atoms with Gasteiger partial charge < -0.3 is 9.74 Å². The summed E-state index contributed by atoms with van der Waals surface area (Å²) in [6, 6.07) is 8.20. The highest BCUT2D eigenvalue weighted by atomic mass is 35.5. The number of halogens is 6. The average molecular weight is 521 g/mol. The lowest BCUT2D eigenvalue weighted by Gasteiger charge is -2.44. The quantitative estimate of drug-likeness (QED) is 0.548. The van der Waals surface area contributed by atoms with Gasteiger partial charge in [0.1, 0.15) is 11.6 Å². The van der Waals surface area contributed by atoms with Gasteiger partial charge in [-0.25, -0.2) is 8.78 Å². The highest BCUT2D eigenvalue weighted by Gasteiger charge is 2.62. The van der Waals surface area contributed by atoms with Gasteiger partial charge in [-0.1, -0.05) is 41.0 Å². The summed E-state index contributed by atoms with van der Waals surface area (Å²) in [4.78, 5) is 18.0. The van der Waals surface area contributed by atoms with Crippen molar-refractivity contribution in [3.8, 4) is 0 Å². The topological polar surface area (TPSA) is 59.0 Å². The van der Waals surface area contributed by atoms with E-state index in [4.69, 9.17) is 16.4 Å². The Labute approximate surface area is 199 Å². The van der Waals surface area contributed by atoms with Gasteiger partial charge in [0.2, 0.25) is 5.91 Å². The number of rotatable bonds is 5. The monoisotopic (exact) mass is 520 g/mol. The Morgan fingerprint density at radius 3 is 2.38 bits per heavy atom. The van der Waals surface area contributed by atoms with Crippen molar-refractivity contribution in [1.82, 2.24) is 4.90 Å². The van der Waals surface area contributed by atoms with E-state index >= 15 is 4.39 Å². The molecule has 4 rings (SSSR count). The maximum atomic E-state index is 15.2. The van der Waals surface area contributed by atoms with Crippen molar-refractivity contribution < 1.29 is 35.8 Å². The number of hydrogen-bond acceptors (Lipinski definition) is 4. The van der Waals surface area contributed by atoms with Crippen LogP contribution in [0.15, 0.2) is 47.6 Å². The van der Waals surface area contributed by atoms with Gasteiger partial charge in [-0.05, 0) is 29.3 Å². The Morgan fingerprint density at radius 1 is 1.18 bits per heavy atom. The van der Waals surface area contributed by atoms with Crippen LogP contribution in [-0.4, -0.2) is 52.0 Å². The van der Waals surface area contributed by atoms with E-state index in [-0.39, 0.29) is 40.7 Å². The second kappa shape index (κ2) is 8.60. The Kier molecular flexibility index (Phi) is 6.22. The molecule has 2 heterocycles. The first kappa shape index (κ1) is 24.6. The number of likely N-dealkylation sites (tertiary alicyclic amines) is 1. The number of nitrogens with zero attached hydrogens (tertiary/aromatic N) is 2. The third-order valence-electron chi connectivity index (χ3n) is 5.81. The summed E-state index contributed by atoms with van der Waals surface area (Å²) in [7, 11) is -1.33. The molecule has 182 valence electrons. The molecule has 0 N–H and O–H groups in total. The summed E-state index contributed by atoms with van der Waals surface area (Å²) in [5.41, 5.74) is -4.78. The van der Waals surface area contributed by atoms with Gasteiger partial charge in [0.15, 0.2) is 5.67 Å². The lowest BCUT2D eigenvalue weighted by atomic mass is 9.85. The van der Waals surface area contributed by atoms with E-state index in [1.165, 1.54) is 35.4 Å². The molecule has 2 atom stereocenters. The molecule has 12 heteroatoms. The molecule has 1 amide bonds. The molecule has 0 bridgehead atoms. The Morgan fingerprint density at radius 2 is 1.82 bits per heavy atom. The fourth-order valence-electron chi connectivity index (χ4n) is 3.99. The number of carbonyl (C=O) groups is 1. The SMILES string of the molecule is CS(=O)CC(=O)N1CC(F)(c2ccc(C3=NOC(c4cc(F)cc(Cl)c4)(C(F)(F)F)C3)cc2)C1. The van der Waals surface area contributed by atoms with Gasteiger partial charge in [-0.3, -0.25) is 9.00 Å². The molecule has 2 aromatic carbocycles. The van der Waals surface area contributed by atoms with Crippen LogP contribution < -0.4 is 0 Å². The van der Waals surface area contributed by atoms with Crippen molar-refractivity contribution >= 4 is 34.0 Å². The number of alkyl halides is 4. The highest BCUT2D eigenvalue weighted by molar-refractivity contribution is 7.85. The molecule has 0 saturated carbocycles. The van der Waals surface area contributed by atoms with Gasteiger partial charge in [-0.15, -0.1) is 0 Å². The maximum Gasteiger partial charge on any atom is 0.435 e. The molecular formula is C22H18ClF5N2O3S. The van der Waals surface area contributed by atoms with Crippen molar-refractivity contribution in [1.29, 1.82) is 0 Å². The van der Waals surface area contributed by atoms with Gasteiger partial charge in [0.05, 0.1) is 18.8 Å². The summed E-state index contributed by atoms with van der Waals surface area (Å²) in [6.07, 6.45) is -4.28. The van der Waals surface area contributed by atoms with Gasteiger partial charge >= 0.3 is 6.18 Å². The smallest absolute Gasteiger partial charge is 0.374 e. The molecule has 0 radical (unpaired) electrons. The summed E-state index contributed by atoms with van der Waals surface area (Å²) >= 11 is 5.75. The fourth-order valence-corrected chi connectivity index (χ4v) is 4.74. The maximum absolute atomic E-state index is 15.2. The van der Waals surface area contributed by atoms with Crippen LogP contribution >= 0.6 is 11.6 Å². The summed E-state index contributed by atoms with van der Waals surface area (Å²) in [6.45, 7) is -0.409. The first-order valence-electron chi connectivity index (χ1n) is 9.99. The van der Waals surface area contributed by atoms with E-state index in [9.17, 15) is 26.6 Å². The zero-order valence-corrected chi connectivity index (χ0v) is 19.2. The molecule has 2 unspecified atom stereocenters. The van der Waals surface area contributed by atoms with Crippen molar-refractivity contribution in [2.75, 3.05) is 25.1 Å². The first-order valence-corrected chi connectivity index (χ1v) is 12.1. The van der Waals surface area contributed by atoms with E-state index in [1.807, 2.05) is 0 Å². The van der Waals surface area contributed by atoms with Gasteiger partial charge in [0, 0.05) is 34.1 Å². The van der Waals surface area contributed by atoms with Crippen molar-refractivity contribution in [3.63, 3.8) is 0 Å². The minimum Gasteiger partial charge on any atom is -0.374 e. The van der Waals surface area contributed by atoms with Crippen LogP contribution in [0.4, 0.5) is 22.0 Å². The third kappa shape index (κ3) is 4.43. The van der Waals surface area contributed by atoms with E-state index < -0.39 is 52.0 Å². The molecule has 2 aliphatic rings. The molecular weight excluding hydrogens is 503 g/mol. The van der Waals surface area contributed by atoms with Crippen LogP contribution in [0.3, 0.4) is 0 Å². The van der Waals surface area contributed by atoms with E-state index in [2.05, 4.69) is 5.16 Å². The number of oxime groups is 1. The van der Waals surface area contributed by atoms with Crippen LogP contribution in [0, 0.1) is 5.82 Å². The molecule has 0 aliphatic carbocycles. The van der Waals surface area contributed by atoms with Crippen LogP contribution in [-0.2, 0) is 31.7 Å². The Bertz CT molecular complexity index is 1160. The second-order valence-corrected chi connectivity index (χ2v) is 10.2. The standard InChI is InChI=1S/C22H18ClF5N2O3S/c1-34(32)10-19(31)30-11-20(25,12-30)14-4-2-13(3-5-14)18-9-21(33-29-18,22(26,27)28)15-6-16(23)8-17(24)7-15/h2-8H,9-12H2,1H3. The first-order chi connectivity index (χ1) is 15.8. The lowest BCUT2D eigenvalue weighted by Crippen LogP contribution is -2.59. The van der Waals surface area contributed by atoms with E-state index in [0.29, 0.717) is 6.07 Å². The zero-order valence-electron chi connectivity index (χ0n) is 17.7. The molecule has 0 aromatic heterocycles. The molecule has 1 fully saturated rings. The van der Waals surface area contributed by atoms with E-state index in [1.54, 1.807) is 0 Å². The van der Waals surface area contributed by atoms with Crippen LogP contribution in [0.5, 0.6) is 0 Å². The summed E-state index contributed by atoms with van der Waals surface area (Å²) < 4.78 is 82.2. The van der Waals surface area contributed by atoms with Crippen molar-refractivity contribution in [2.24, 2.45) is 5.16 Å². The highest BCUT2D eigenvalue weighted by Crippen LogP contribution is 2.49. The molecule has 0 spiro atoms. The number of amides is 1. The predicted octanol–water partition coefficient (Wildman–Crippen LogP) is 4.45. The molecule has 2 aromatic rings. The summed E-state index contributed by atoms with van der Waals surface area (Å²) in [5.74, 6) is -1.55.